The van der Waals surface area contributed by atoms with Gasteiger partial charge in [-0.1, -0.05) is 0 Å². The van der Waals surface area contributed by atoms with E-state index in [1.165, 1.54) is 12.1 Å². The van der Waals surface area contributed by atoms with Crippen LogP contribution >= 0.6 is 0 Å². The Labute approximate surface area is 98.1 Å². The molecule has 0 heterocycles. The van der Waals surface area contributed by atoms with Gasteiger partial charge in [0.05, 0.1) is 18.5 Å². The molecule has 0 aliphatic rings. The van der Waals surface area contributed by atoms with Crippen LogP contribution in [0.2, 0.25) is 0 Å². The van der Waals surface area contributed by atoms with E-state index in [1.54, 1.807) is 12.1 Å². The van der Waals surface area contributed by atoms with Gasteiger partial charge < -0.3 is 26.1 Å². The Kier molecular flexibility index (Phi) is 4.47. The van der Waals surface area contributed by atoms with Gasteiger partial charge in [0.15, 0.2) is 0 Å². The highest BCUT2D eigenvalue weighted by molar-refractivity contribution is 5.71. The van der Waals surface area contributed by atoms with Crippen molar-refractivity contribution in [3.8, 4) is 5.75 Å². The minimum absolute atomic E-state index is 0.102. The third-order valence-electron chi connectivity index (χ3n) is 2.24. The summed E-state index contributed by atoms with van der Waals surface area (Å²) in [5.41, 5.74) is 6.09. The van der Waals surface area contributed by atoms with Gasteiger partial charge in [0.2, 0.25) is 0 Å². The number of aldehydes is 1. The van der Waals surface area contributed by atoms with Crippen molar-refractivity contribution in [2.24, 2.45) is 5.73 Å². The molecular weight excluding hydrogens is 224 g/mol. The molecule has 1 unspecified atom stereocenters. The van der Waals surface area contributed by atoms with E-state index in [4.69, 9.17) is 15.9 Å². The molecule has 0 aromatic heterocycles. The normalized spacial score (nSPS) is 13.7. The predicted molar refractivity (Wildman–Crippen MR) is 61.8 cm³/mol. The molecule has 2 atom stereocenters. The Morgan fingerprint density at radius 2 is 2.00 bits per heavy atom. The lowest BCUT2D eigenvalue weighted by Crippen LogP contribution is -2.42. The Balaban J connectivity index is 2.74. The second kappa shape index (κ2) is 5.86. The highest BCUT2D eigenvalue weighted by Crippen LogP contribution is 2.15. The smallest absolute Gasteiger partial charge is 0.305 e. The van der Waals surface area contributed by atoms with Crippen LogP contribution in [-0.2, 0) is 9.59 Å². The molecule has 6 heteroatoms. The average molecular weight is 238 g/mol. The van der Waals surface area contributed by atoms with Gasteiger partial charge in [-0.05, 0) is 24.3 Å². The van der Waals surface area contributed by atoms with E-state index in [0.717, 1.165) is 0 Å². The second-order valence-corrected chi connectivity index (χ2v) is 3.61. The lowest BCUT2D eigenvalue weighted by molar-refractivity contribution is -0.137. The number of carbonyl (C=O) groups is 2. The van der Waals surface area contributed by atoms with Gasteiger partial charge in [0.1, 0.15) is 12.0 Å². The van der Waals surface area contributed by atoms with E-state index in [9.17, 15) is 9.59 Å². The Morgan fingerprint density at radius 1 is 1.41 bits per heavy atom. The summed E-state index contributed by atoms with van der Waals surface area (Å²) in [6.45, 7) is 0. The number of nitrogens with two attached hydrogens (primary N) is 1. The lowest BCUT2D eigenvalue weighted by Gasteiger charge is -2.20. The maximum absolute atomic E-state index is 10.6. The van der Waals surface area contributed by atoms with Crippen LogP contribution in [0.3, 0.4) is 0 Å². The van der Waals surface area contributed by atoms with Gasteiger partial charge in [0, 0.05) is 5.69 Å². The SMILES string of the molecule is N[C@H](C=O)C(CC(=O)O)Nc1ccc(O)cc1. The summed E-state index contributed by atoms with van der Waals surface area (Å²) >= 11 is 0. The number of benzene rings is 1. The zero-order valence-electron chi connectivity index (χ0n) is 9.04. The summed E-state index contributed by atoms with van der Waals surface area (Å²) in [4.78, 5) is 21.2. The largest absolute Gasteiger partial charge is 0.508 e. The summed E-state index contributed by atoms with van der Waals surface area (Å²) in [6.07, 6.45) is 0.238. The molecule has 1 aromatic rings. The fraction of sp³-hybridized carbons (Fsp3) is 0.273. The highest BCUT2D eigenvalue weighted by Gasteiger charge is 2.20. The molecule has 1 rings (SSSR count). The van der Waals surface area contributed by atoms with Gasteiger partial charge in [-0.3, -0.25) is 4.79 Å². The number of anilines is 1. The number of aromatic hydroxyl groups is 1. The number of hydrogen-bond acceptors (Lipinski definition) is 5. The zero-order valence-corrected chi connectivity index (χ0v) is 9.04. The third-order valence-corrected chi connectivity index (χ3v) is 2.24. The van der Waals surface area contributed by atoms with Gasteiger partial charge in [-0.2, -0.15) is 0 Å². The summed E-state index contributed by atoms with van der Waals surface area (Å²) < 4.78 is 0. The molecule has 0 amide bonds. The van der Waals surface area contributed by atoms with Crippen molar-refractivity contribution in [2.45, 2.75) is 18.5 Å². The average Bonchev–Trinajstić information content (AvgIpc) is 2.29. The molecule has 0 aliphatic carbocycles. The number of phenolic OH excluding ortho intramolecular Hbond substituents is 1. The number of carbonyl (C=O) groups excluding carboxylic acids is 1. The first-order chi connectivity index (χ1) is 8.02. The van der Waals surface area contributed by atoms with Crippen LogP contribution in [0.15, 0.2) is 24.3 Å². The van der Waals surface area contributed by atoms with E-state index in [-0.39, 0.29) is 12.2 Å². The van der Waals surface area contributed by atoms with E-state index in [2.05, 4.69) is 5.32 Å². The molecule has 5 N–H and O–H groups in total. The number of nitrogens with one attached hydrogen (secondary N) is 1. The van der Waals surface area contributed by atoms with E-state index >= 15 is 0 Å². The standard InChI is InChI=1S/C11H14N2O4/c12-9(6-14)10(5-11(16)17)13-7-1-3-8(15)4-2-7/h1-4,6,9-10,13,15H,5,12H2,(H,16,17)/t9-,10?/m1/s1. The van der Waals surface area contributed by atoms with Gasteiger partial charge in [0.25, 0.3) is 0 Å². The van der Waals surface area contributed by atoms with Crippen molar-refractivity contribution in [3.05, 3.63) is 24.3 Å². The number of aliphatic carboxylic acids is 1. The molecule has 0 bridgehead atoms. The van der Waals surface area contributed by atoms with Crippen LogP contribution < -0.4 is 11.1 Å². The van der Waals surface area contributed by atoms with E-state index < -0.39 is 18.1 Å². The minimum atomic E-state index is -1.04. The molecular formula is C11H14N2O4. The molecule has 0 saturated carbocycles. The molecule has 0 radical (unpaired) electrons. The lowest BCUT2D eigenvalue weighted by atomic mass is 10.1. The summed E-state index contributed by atoms with van der Waals surface area (Å²) in [5, 5.41) is 20.6. The maximum atomic E-state index is 10.6. The monoisotopic (exact) mass is 238 g/mol. The third kappa shape index (κ3) is 4.12. The van der Waals surface area contributed by atoms with E-state index in [1.807, 2.05) is 0 Å². The molecule has 0 saturated heterocycles. The molecule has 17 heavy (non-hydrogen) atoms. The maximum Gasteiger partial charge on any atom is 0.305 e. The predicted octanol–water partition coefficient (Wildman–Crippen LogP) is 0.174. The van der Waals surface area contributed by atoms with E-state index in [0.29, 0.717) is 12.0 Å². The van der Waals surface area contributed by atoms with Crippen LogP contribution in [-0.4, -0.2) is 34.6 Å². The number of carboxylic acids is 1. The summed E-state index contributed by atoms with van der Waals surface area (Å²) in [5.74, 6) is -0.941. The van der Waals surface area contributed by atoms with Crippen LogP contribution in [0.4, 0.5) is 5.69 Å². The van der Waals surface area contributed by atoms with Crippen LogP contribution in [0.5, 0.6) is 5.75 Å². The zero-order chi connectivity index (χ0) is 12.8. The second-order valence-electron chi connectivity index (χ2n) is 3.61. The molecule has 6 nitrogen and oxygen atoms in total. The quantitative estimate of drug-likeness (QED) is 0.415. The Morgan fingerprint density at radius 3 is 2.47 bits per heavy atom. The molecule has 0 spiro atoms. The summed E-state index contributed by atoms with van der Waals surface area (Å²) in [7, 11) is 0. The molecule has 1 aromatic carbocycles. The highest BCUT2D eigenvalue weighted by atomic mass is 16.4. The first-order valence-corrected chi connectivity index (χ1v) is 5.01. The Bertz CT molecular complexity index is 391. The van der Waals surface area contributed by atoms with Gasteiger partial charge >= 0.3 is 5.97 Å². The minimum Gasteiger partial charge on any atom is -0.508 e. The topological polar surface area (TPSA) is 113 Å². The van der Waals surface area contributed by atoms with Crippen molar-refractivity contribution < 1.29 is 19.8 Å². The summed E-state index contributed by atoms with van der Waals surface area (Å²) in [6, 6.07) is 4.46. The Hall–Kier alpha value is -2.08. The van der Waals surface area contributed by atoms with Crippen molar-refractivity contribution in [2.75, 3.05) is 5.32 Å². The van der Waals surface area contributed by atoms with Crippen LogP contribution in [0.25, 0.3) is 0 Å². The van der Waals surface area contributed by atoms with Crippen LogP contribution in [0, 0.1) is 0 Å². The number of hydrogen-bond donors (Lipinski definition) is 4. The van der Waals surface area contributed by atoms with Crippen molar-refractivity contribution in [3.63, 3.8) is 0 Å². The van der Waals surface area contributed by atoms with Crippen molar-refractivity contribution in [1.82, 2.24) is 0 Å². The molecule has 92 valence electrons. The number of phenols is 1. The van der Waals surface area contributed by atoms with Crippen molar-refractivity contribution >= 4 is 17.9 Å². The van der Waals surface area contributed by atoms with Crippen LogP contribution in [0.1, 0.15) is 6.42 Å². The van der Waals surface area contributed by atoms with Gasteiger partial charge in [-0.15, -0.1) is 0 Å². The first kappa shape index (κ1) is 13.0. The fourth-order valence-electron chi connectivity index (χ4n) is 1.34. The number of rotatable bonds is 6. The molecule has 0 fully saturated rings. The number of carboxylic acid groups (broad SMARTS) is 1. The fourth-order valence-corrected chi connectivity index (χ4v) is 1.34. The first-order valence-electron chi connectivity index (χ1n) is 5.01. The molecule has 0 aliphatic heterocycles. The van der Waals surface area contributed by atoms with Gasteiger partial charge in [-0.25, -0.2) is 0 Å². The van der Waals surface area contributed by atoms with Crippen molar-refractivity contribution in [1.29, 1.82) is 0 Å².